The molecule has 0 spiro atoms. The molecule has 24 heavy (non-hydrogen) atoms. The van der Waals surface area contributed by atoms with Gasteiger partial charge in [0.1, 0.15) is 6.17 Å². The van der Waals surface area contributed by atoms with Crippen molar-refractivity contribution in [2.45, 2.75) is 50.2 Å². The lowest BCUT2D eigenvalue weighted by atomic mass is 9.52. The van der Waals surface area contributed by atoms with Gasteiger partial charge in [-0.2, -0.15) is 0 Å². The van der Waals surface area contributed by atoms with Crippen LogP contribution in [0, 0.1) is 17.8 Å². The van der Waals surface area contributed by atoms with Crippen LogP contribution in [0.15, 0.2) is 29.3 Å². The number of hydrogen-bond acceptors (Lipinski definition) is 4. The molecular weight excluding hydrogens is 296 g/mol. The predicted molar refractivity (Wildman–Crippen MR) is 98.8 cm³/mol. The van der Waals surface area contributed by atoms with Crippen LogP contribution in [0.25, 0.3) is 0 Å². The Labute approximate surface area is 144 Å². The summed E-state index contributed by atoms with van der Waals surface area (Å²) < 4.78 is 0. The van der Waals surface area contributed by atoms with Crippen molar-refractivity contribution in [1.82, 2.24) is 5.32 Å². The van der Waals surface area contributed by atoms with Gasteiger partial charge < -0.3 is 10.6 Å². The summed E-state index contributed by atoms with van der Waals surface area (Å²) in [5, 5.41) is 3.64. The third-order valence-electron chi connectivity index (χ3n) is 6.79. The molecule has 4 fully saturated rings. The lowest BCUT2D eigenvalue weighted by Gasteiger charge is -2.62. The molecule has 1 heterocycles. The van der Waals surface area contributed by atoms with Gasteiger partial charge in [-0.05, 0) is 68.4 Å². The van der Waals surface area contributed by atoms with Gasteiger partial charge in [-0.25, -0.2) is 0 Å². The molecular formula is C20H28N4. The van der Waals surface area contributed by atoms with E-state index >= 15 is 0 Å². The van der Waals surface area contributed by atoms with Gasteiger partial charge in [0.2, 0.25) is 0 Å². The molecule has 4 bridgehead atoms. The van der Waals surface area contributed by atoms with Crippen LogP contribution < -0.4 is 16.0 Å². The van der Waals surface area contributed by atoms with E-state index in [1.165, 1.54) is 44.2 Å². The van der Waals surface area contributed by atoms with Gasteiger partial charge in [0.05, 0.1) is 11.4 Å². The highest BCUT2D eigenvalue weighted by Gasteiger charge is 2.55. The lowest BCUT2D eigenvalue weighted by molar-refractivity contribution is -0.00688. The summed E-state index contributed by atoms with van der Waals surface area (Å²) in [6.07, 6.45) is 10.8. The van der Waals surface area contributed by atoms with Crippen LogP contribution in [0.1, 0.15) is 38.5 Å². The molecule has 1 aromatic rings. The summed E-state index contributed by atoms with van der Waals surface area (Å²) in [5.41, 5.74) is 8.53. The van der Waals surface area contributed by atoms with Crippen molar-refractivity contribution in [2.75, 3.05) is 18.0 Å². The largest absolute Gasteiger partial charge is 0.344 e. The van der Waals surface area contributed by atoms with Crippen LogP contribution in [0.2, 0.25) is 0 Å². The Bertz CT molecular complexity index is 618. The zero-order valence-corrected chi connectivity index (χ0v) is 14.3. The normalized spacial score (nSPS) is 39.3. The van der Waals surface area contributed by atoms with Gasteiger partial charge in [-0.3, -0.25) is 10.3 Å². The molecule has 1 aliphatic heterocycles. The first-order valence-corrected chi connectivity index (χ1v) is 9.63. The second-order valence-electron chi connectivity index (χ2n) is 8.47. The Kier molecular flexibility index (Phi) is 3.46. The molecule has 1 unspecified atom stereocenters. The first-order valence-electron chi connectivity index (χ1n) is 9.63. The minimum absolute atomic E-state index is 0.180. The molecule has 1 atom stereocenters. The van der Waals surface area contributed by atoms with Gasteiger partial charge in [-0.1, -0.05) is 12.1 Å². The monoisotopic (exact) mass is 324 g/mol. The molecule has 0 saturated heterocycles. The maximum atomic E-state index is 5.77. The quantitative estimate of drug-likeness (QED) is 0.895. The van der Waals surface area contributed by atoms with Gasteiger partial charge in [0.15, 0.2) is 0 Å². The van der Waals surface area contributed by atoms with E-state index in [-0.39, 0.29) is 6.17 Å². The molecule has 128 valence electrons. The SMILES string of the molecule is NCCNC1C=Nc2ccccc2N1C12CC3CC(CC(C3)C1)C2. The average molecular weight is 324 g/mol. The number of hydrogen-bond donors (Lipinski definition) is 2. The molecule has 4 aliphatic carbocycles. The Balaban J connectivity index is 1.56. The minimum atomic E-state index is 0.180. The van der Waals surface area contributed by atoms with E-state index in [0.717, 1.165) is 30.0 Å². The smallest absolute Gasteiger partial charge is 0.117 e. The van der Waals surface area contributed by atoms with Crippen LogP contribution in [0.3, 0.4) is 0 Å². The van der Waals surface area contributed by atoms with Crippen molar-refractivity contribution in [2.24, 2.45) is 28.5 Å². The highest BCUT2D eigenvalue weighted by Crippen LogP contribution is 2.59. The number of rotatable bonds is 4. The fourth-order valence-electron chi connectivity index (χ4n) is 6.43. The van der Waals surface area contributed by atoms with Gasteiger partial charge in [0, 0.05) is 24.8 Å². The van der Waals surface area contributed by atoms with Crippen molar-refractivity contribution in [1.29, 1.82) is 0 Å². The first-order chi connectivity index (χ1) is 11.8. The van der Waals surface area contributed by atoms with E-state index in [1.54, 1.807) is 0 Å². The molecule has 3 N–H and O–H groups in total. The summed E-state index contributed by atoms with van der Waals surface area (Å²) in [5.74, 6) is 2.83. The number of fused-ring (bicyclic) bond motifs is 1. The average Bonchev–Trinajstić information content (AvgIpc) is 2.58. The van der Waals surface area contributed by atoms with Crippen molar-refractivity contribution >= 4 is 17.6 Å². The number of nitrogens with one attached hydrogen (secondary N) is 1. The molecule has 4 saturated carbocycles. The Hall–Kier alpha value is -1.39. The number of anilines is 1. The second-order valence-corrected chi connectivity index (χ2v) is 8.47. The van der Waals surface area contributed by atoms with Gasteiger partial charge >= 0.3 is 0 Å². The molecule has 4 heteroatoms. The van der Waals surface area contributed by atoms with Crippen LogP contribution in [-0.2, 0) is 0 Å². The zero-order valence-electron chi connectivity index (χ0n) is 14.3. The summed E-state index contributed by atoms with van der Waals surface area (Å²) in [4.78, 5) is 7.44. The van der Waals surface area contributed by atoms with E-state index in [1.807, 2.05) is 0 Å². The number of para-hydroxylation sites is 2. The van der Waals surface area contributed by atoms with E-state index in [0.29, 0.717) is 12.1 Å². The number of aliphatic imine (C=N–C) groups is 1. The molecule has 6 rings (SSSR count). The van der Waals surface area contributed by atoms with Crippen molar-refractivity contribution in [3.63, 3.8) is 0 Å². The number of nitrogens with two attached hydrogens (primary N) is 1. The molecule has 0 radical (unpaired) electrons. The fraction of sp³-hybridized carbons (Fsp3) is 0.650. The van der Waals surface area contributed by atoms with Gasteiger partial charge in [-0.15, -0.1) is 0 Å². The van der Waals surface area contributed by atoms with Crippen molar-refractivity contribution < 1.29 is 0 Å². The second kappa shape index (κ2) is 5.57. The van der Waals surface area contributed by atoms with Crippen molar-refractivity contribution in [3.8, 4) is 0 Å². The lowest BCUT2D eigenvalue weighted by Crippen LogP contribution is -2.66. The predicted octanol–water partition coefficient (Wildman–Crippen LogP) is 3.05. The molecule has 0 amide bonds. The molecule has 1 aromatic carbocycles. The standard InChI is InChI=1S/C20H28N4/c21-5-6-22-19-13-23-17-3-1-2-4-18(17)24(19)20-10-14-7-15(11-20)9-16(8-14)12-20/h1-4,13-16,19,22H,5-12,21H2. The molecule has 0 aromatic heterocycles. The van der Waals surface area contributed by atoms with E-state index in [2.05, 4.69) is 40.7 Å². The Morgan fingerprint density at radius 3 is 2.42 bits per heavy atom. The Morgan fingerprint density at radius 1 is 1.08 bits per heavy atom. The summed E-state index contributed by atoms with van der Waals surface area (Å²) in [7, 11) is 0. The van der Waals surface area contributed by atoms with E-state index in [9.17, 15) is 0 Å². The topological polar surface area (TPSA) is 53.6 Å². The third kappa shape index (κ3) is 2.23. The van der Waals surface area contributed by atoms with Crippen LogP contribution in [0.5, 0.6) is 0 Å². The van der Waals surface area contributed by atoms with Gasteiger partial charge in [0.25, 0.3) is 0 Å². The highest BCUT2D eigenvalue weighted by atomic mass is 15.3. The summed E-state index contributed by atoms with van der Waals surface area (Å²) >= 11 is 0. The number of benzene rings is 1. The minimum Gasteiger partial charge on any atom is -0.344 e. The maximum absolute atomic E-state index is 5.77. The van der Waals surface area contributed by atoms with Crippen molar-refractivity contribution in [3.05, 3.63) is 24.3 Å². The summed E-state index contributed by atoms with van der Waals surface area (Å²) in [6.45, 7) is 1.50. The first kappa shape index (κ1) is 14.9. The highest BCUT2D eigenvalue weighted by molar-refractivity contribution is 5.84. The van der Waals surface area contributed by atoms with Crippen LogP contribution >= 0.6 is 0 Å². The summed E-state index contributed by atoms with van der Waals surface area (Å²) in [6, 6.07) is 8.68. The Morgan fingerprint density at radius 2 is 1.75 bits per heavy atom. The van der Waals surface area contributed by atoms with E-state index < -0.39 is 0 Å². The fourth-order valence-corrected chi connectivity index (χ4v) is 6.43. The van der Waals surface area contributed by atoms with Crippen LogP contribution in [-0.4, -0.2) is 31.0 Å². The van der Waals surface area contributed by atoms with E-state index in [4.69, 9.17) is 10.7 Å². The molecule has 4 nitrogen and oxygen atoms in total. The third-order valence-corrected chi connectivity index (χ3v) is 6.79. The maximum Gasteiger partial charge on any atom is 0.117 e. The zero-order chi connectivity index (χ0) is 16.1. The van der Waals surface area contributed by atoms with Crippen LogP contribution in [0.4, 0.5) is 11.4 Å². The number of nitrogens with zero attached hydrogens (tertiary/aromatic N) is 2. The molecule has 5 aliphatic rings.